The lowest BCUT2D eigenvalue weighted by molar-refractivity contribution is 0.176. The monoisotopic (exact) mass is 391 g/mol. The zero-order valence-electron chi connectivity index (χ0n) is 15.8. The lowest BCUT2D eigenvalue weighted by atomic mass is 10.1. The minimum atomic E-state index is 0.754. The van der Waals surface area contributed by atoms with Gasteiger partial charge in [-0.1, -0.05) is 17.7 Å². The highest BCUT2D eigenvalue weighted by molar-refractivity contribution is 7.80. The molecule has 1 aromatic heterocycles. The molecule has 1 saturated heterocycles. The van der Waals surface area contributed by atoms with Crippen LogP contribution in [0.4, 0.5) is 5.69 Å². The third-order valence-electron chi connectivity index (χ3n) is 5.21. The fourth-order valence-corrected chi connectivity index (χ4v) is 3.78. The van der Waals surface area contributed by atoms with Crippen LogP contribution in [0.5, 0.6) is 0 Å². The summed E-state index contributed by atoms with van der Waals surface area (Å²) in [5.74, 6) is 0. The molecule has 1 aliphatic rings. The summed E-state index contributed by atoms with van der Waals surface area (Å²) in [4.78, 5) is 4.70. The molecule has 26 heavy (non-hydrogen) atoms. The molecule has 3 rings (SSSR count). The van der Waals surface area contributed by atoms with E-state index in [4.69, 9.17) is 23.8 Å². The molecule has 0 saturated carbocycles. The lowest BCUT2D eigenvalue weighted by Gasteiger charge is -2.36. The van der Waals surface area contributed by atoms with E-state index in [0.29, 0.717) is 0 Å². The average Bonchev–Trinajstić information content (AvgIpc) is 2.86. The van der Waals surface area contributed by atoms with E-state index in [1.54, 1.807) is 0 Å². The smallest absolute Gasteiger partial charge is 0.173 e. The zero-order chi connectivity index (χ0) is 18.8. The number of anilines is 1. The Morgan fingerprint density at radius 1 is 1.19 bits per heavy atom. The zero-order valence-corrected chi connectivity index (χ0v) is 17.4. The van der Waals surface area contributed by atoms with Gasteiger partial charge in [-0.05, 0) is 50.7 Å². The first-order chi connectivity index (χ1) is 12.4. The van der Waals surface area contributed by atoms with E-state index >= 15 is 0 Å². The van der Waals surface area contributed by atoms with Gasteiger partial charge in [-0.15, -0.1) is 0 Å². The number of aryl methyl sites for hydroxylation is 2. The molecule has 140 valence electrons. The molecule has 0 aliphatic carbocycles. The van der Waals surface area contributed by atoms with Gasteiger partial charge >= 0.3 is 0 Å². The Morgan fingerprint density at radius 3 is 2.50 bits per heavy atom. The number of nitrogens with zero attached hydrogens (tertiary/aromatic N) is 4. The molecule has 0 amide bonds. The third-order valence-corrected chi connectivity index (χ3v) is 5.98. The topological polar surface area (TPSA) is 36.3 Å². The van der Waals surface area contributed by atoms with Crippen molar-refractivity contribution in [2.24, 2.45) is 7.05 Å². The summed E-state index contributed by atoms with van der Waals surface area (Å²) >= 11 is 11.8. The molecule has 1 aromatic carbocycles. The molecule has 0 radical (unpaired) electrons. The highest BCUT2D eigenvalue weighted by atomic mass is 35.5. The number of halogens is 1. The maximum Gasteiger partial charge on any atom is 0.173 e. The van der Waals surface area contributed by atoms with Gasteiger partial charge in [0.1, 0.15) is 0 Å². The largest absolute Gasteiger partial charge is 0.346 e. The standard InChI is InChI=1S/C19H26ClN5S/c1-13-17(20)6-5-7-18(13)21-19(26)25-10-8-24(9-11-25)12-16-14(2)22-23(4)15(16)3/h5-7H,8-12H2,1-4H3,(H,21,26). The van der Waals surface area contributed by atoms with Gasteiger partial charge in [-0.25, -0.2) is 0 Å². The van der Waals surface area contributed by atoms with Crippen molar-refractivity contribution in [1.29, 1.82) is 0 Å². The van der Waals surface area contributed by atoms with Crippen molar-refractivity contribution < 1.29 is 0 Å². The lowest BCUT2D eigenvalue weighted by Crippen LogP contribution is -2.49. The SMILES string of the molecule is Cc1nn(C)c(C)c1CN1CCN(C(=S)Nc2cccc(Cl)c2C)CC1. The van der Waals surface area contributed by atoms with Crippen LogP contribution in [0.25, 0.3) is 0 Å². The van der Waals surface area contributed by atoms with E-state index < -0.39 is 0 Å². The number of benzene rings is 1. The predicted octanol–water partition coefficient (Wildman–Crippen LogP) is 3.51. The molecule has 7 heteroatoms. The van der Waals surface area contributed by atoms with E-state index in [2.05, 4.69) is 34.1 Å². The molecule has 0 unspecified atom stereocenters. The average molecular weight is 392 g/mol. The Kier molecular flexibility index (Phi) is 5.85. The Balaban J connectivity index is 1.56. The van der Waals surface area contributed by atoms with Gasteiger partial charge in [-0.3, -0.25) is 9.58 Å². The molecular formula is C19H26ClN5S. The highest BCUT2D eigenvalue weighted by Crippen LogP contribution is 2.23. The molecule has 0 atom stereocenters. The fraction of sp³-hybridized carbons (Fsp3) is 0.474. The van der Waals surface area contributed by atoms with Crippen LogP contribution in [0.15, 0.2) is 18.2 Å². The number of nitrogens with one attached hydrogen (secondary N) is 1. The van der Waals surface area contributed by atoms with E-state index in [-0.39, 0.29) is 0 Å². The third kappa shape index (κ3) is 4.03. The van der Waals surface area contributed by atoms with Crippen molar-refractivity contribution >= 4 is 34.6 Å². The maximum atomic E-state index is 6.20. The summed E-state index contributed by atoms with van der Waals surface area (Å²) in [6.45, 7) is 11.0. The number of rotatable bonds is 3. The minimum absolute atomic E-state index is 0.754. The van der Waals surface area contributed by atoms with Crippen LogP contribution in [0, 0.1) is 20.8 Å². The van der Waals surface area contributed by atoms with E-state index in [1.807, 2.05) is 36.9 Å². The van der Waals surface area contributed by atoms with Crippen LogP contribution in [0.2, 0.25) is 5.02 Å². The van der Waals surface area contributed by atoms with Crippen LogP contribution >= 0.6 is 23.8 Å². The maximum absolute atomic E-state index is 6.20. The second kappa shape index (κ2) is 7.94. The van der Waals surface area contributed by atoms with Gasteiger partial charge in [0, 0.05) is 61.7 Å². The highest BCUT2D eigenvalue weighted by Gasteiger charge is 2.21. The minimum Gasteiger partial charge on any atom is -0.346 e. The molecule has 0 bridgehead atoms. The van der Waals surface area contributed by atoms with Crippen molar-refractivity contribution in [1.82, 2.24) is 19.6 Å². The first kappa shape index (κ1) is 19.1. The summed E-state index contributed by atoms with van der Waals surface area (Å²) < 4.78 is 1.97. The van der Waals surface area contributed by atoms with Crippen LogP contribution in [-0.4, -0.2) is 50.9 Å². The van der Waals surface area contributed by atoms with Gasteiger partial charge < -0.3 is 10.2 Å². The van der Waals surface area contributed by atoms with Crippen molar-refractivity contribution in [3.63, 3.8) is 0 Å². The first-order valence-electron chi connectivity index (χ1n) is 8.89. The quantitative estimate of drug-likeness (QED) is 0.810. The van der Waals surface area contributed by atoms with Crippen molar-refractivity contribution in [2.45, 2.75) is 27.3 Å². The summed E-state index contributed by atoms with van der Waals surface area (Å²) in [6, 6.07) is 5.85. The molecule has 2 heterocycles. The molecule has 1 aliphatic heterocycles. The van der Waals surface area contributed by atoms with Crippen molar-refractivity contribution in [2.75, 3.05) is 31.5 Å². The van der Waals surface area contributed by atoms with E-state index in [1.165, 1.54) is 11.3 Å². The Morgan fingerprint density at radius 2 is 1.88 bits per heavy atom. The number of hydrogen-bond acceptors (Lipinski definition) is 3. The number of thiocarbonyl (C=S) groups is 1. The van der Waals surface area contributed by atoms with Gasteiger partial charge in [0.15, 0.2) is 5.11 Å². The van der Waals surface area contributed by atoms with Gasteiger partial charge in [0.25, 0.3) is 0 Å². The second-order valence-corrected chi connectivity index (χ2v) is 7.67. The number of hydrogen-bond donors (Lipinski definition) is 1. The molecule has 1 fully saturated rings. The van der Waals surface area contributed by atoms with Gasteiger partial charge in [0.2, 0.25) is 0 Å². The second-order valence-electron chi connectivity index (χ2n) is 6.88. The van der Waals surface area contributed by atoms with E-state index in [0.717, 1.165) is 59.8 Å². The Bertz CT molecular complexity index is 809. The van der Waals surface area contributed by atoms with E-state index in [9.17, 15) is 0 Å². The van der Waals surface area contributed by atoms with Gasteiger partial charge in [0.05, 0.1) is 5.69 Å². The normalized spacial score (nSPS) is 15.3. The molecular weight excluding hydrogens is 366 g/mol. The van der Waals surface area contributed by atoms with Crippen molar-refractivity contribution in [3.8, 4) is 0 Å². The van der Waals surface area contributed by atoms with Crippen molar-refractivity contribution in [3.05, 3.63) is 45.7 Å². The van der Waals surface area contributed by atoms with Crippen LogP contribution in [0.3, 0.4) is 0 Å². The molecule has 5 nitrogen and oxygen atoms in total. The molecule has 2 aromatic rings. The van der Waals surface area contributed by atoms with Crippen LogP contribution in [-0.2, 0) is 13.6 Å². The Labute approximate surface area is 165 Å². The Hall–Kier alpha value is -1.63. The fourth-order valence-electron chi connectivity index (χ4n) is 3.32. The summed E-state index contributed by atoms with van der Waals surface area (Å²) in [6.07, 6.45) is 0. The summed E-state index contributed by atoms with van der Waals surface area (Å²) in [5.41, 5.74) is 5.72. The first-order valence-corrected chi connectivity index (χ1v) is 9.68. The predicted molar refractivity (Wildman–Crippen MR) is 112 cm³/mol. The van der Waals surface area contributed by atoms with Crippen LogP contribution in [0.1, 0.15) is 22.5 Å². The summed E-state index contributed by atoms with van der Waals surface area (Å²) in [5, 5.41) is 9.39. The van der Waals surface area contributed by atoms with Gasteiger partial charge in [-0.2, -0.15) is 5.10 Å². The number of piperazine rings is 1. The molecule has 1 N–H and O–H groups in total. The summed E-state index contributed by atoms with van der Waals surface area (Å²) in [7, 11) is 2.01. The number of aromatic nitrogens is 2. The molecule has 0 spiro atoms. The van der Waals surface area contributed by atoms with Crippen LogP contribution < -0.4 is 5.32 Å².